The molecule has 1 aliphatic rings. The molecule has 0 aromatic carbocycles. The van der Waals surface area contributed by atoms with Crippen LogP contribution in [0, 0.1) is 29.6 Å². The van der Waals surface area contributed by atoms with Crippen molar-refractivity contribution in [3.05, 3.63) is 6.92 Å². The fraction of sp³-hybridized carbons (Fsp3) is 0.917. The van der Waals surface area contributed by atoms with Crippen molar-refractivity contribution in [1.82, 2.24) is 0 Å². The first kappa shape index (κ1) is 10.1. The van der Waals surface area contributed by atoms with Crippen molar-refractivity contribution in [2.75, 3.05) is 0 Å². The van der Waals surface area contributed by atoms with Gasteiger partial charge in [0, 0.05) is 0 Å². The molecule has 1 fully saturated rings. The smallest absolute Gasteiger partial charge is 0.0321 e. The van der Waals surface area contributed by atoms with Gasteiger partial charge in [-0.25, -0.2) is 0 Å². The van der Waals surface area contributed by atoms with Gasteiger partial charge < -0.3 is 0 Å². The lowest BCUT2D eigenvalue weighted by Gasteiger charge is -2.50. The van der Waals surface area contributed by atoms with Gasteiger partial charge in [-0.1, -0.05) is 41.5 Å². The highest BCUT2D eigenvalue weighted by molar-refractivity contribution is 4.94. The van der Waals surface area contributed by atoms with Crippen LogP contribution in [0.2, 0.25) is 0 Å². The highest BCUT2D eigenvalue weighted by Crippen LogP contribution is 2.52. The molecule has 0 N–H and O–H groups in total. The van der Waals surface area contributed by atoms with Crippen molar-refractivity contribution < 1.29 is 0 Å². The van der Waals surface area contributed by atoms with Crippen LogP contribution in [0.4, 0.5) is 0 Å². The fourth-order valence-electron chi connectivity index (χ4n) is 2.97. The van der Waals surface area contributed by atoms with Crippen LogP contribution in [0.3, 0.4) is 0 Å². The zero-order chi connectivity index (χ0) is 9.57. The Morgan fingerprint density at radius 2 is 1.33 bits per heavy atom. The molecule has 0 amide bonds. The summed E-state index contributed by atoms with van der Waals surface area (Å²) in [5.41, 5.74) is 0.961. The third-order valence-electron chi connectivity index (χ3n) is 3.97. The van der Waals surface area contributed by atoms with Gasteiger partial charge in [0.05, 0.1) is 0 Å². The standard InChI is InChI=1S/C12H23/c1-9-7-11(3,4)10(2)12(5,6)8-9/h9-10H,1,7-8H2,2-6H3. The van der Waals surface area contributed by atoms with E-state index in [1.165, 1.54) is 12.8 Å². The van der Waals surface area contributed by atoms with Crippen LogP contribution in [0.5, 0.6) is 0 Å². The van der Waals surface area contributed by atoms with Gasteiger partial charge in [-0.15, -0.1) is 0 Å². The van der Waals surface area contributed by atoms with Crippen molar-refractivity contribution in [1.29, 1.82) is 0 Å². The first-order valence-corrected chi connectivity index (χ1v) is 5.09. The summed E-state index contributed by atoms with van der Waals surface area (Å²) in [5, 5.41) is 0. The predicted octanol–water partition coefficient (Wildman–Crippen LogP) is 3.92. The Morgan fingerprint density at radius 3 is 1.67 bits per heavy atom. The lowest BCUT2D eigenvalue weighted by molar-refractivity contribution is 0.00572. The summed E-state index contributed by atoms with van der Waals surface area (Å²) in [5.74, 6) is 1.47. The normalized spacial score (nSPS) is 39.5. The minimum atomic E-state index is 0.480. The monoisotopic (exact) mass is 167 g/mol. The largest absolute Gasteiger partial charge is 0.0615 e. The molecule has 1 rings (SSSR count). The van der Waals surface area contributed by atoms with E-state index in [2.05, 4.69) is 41.5 Å². The Labute approximate surface area is 77.7 Å². The summed E-state index contributed by atoms with van der Waals surface area (Å²) in [6, 6.07) is 0. The number of hydrogen-bond acceptors (Lipinski definition) is 0. The molecule has 0 aromatic heterocycles. The molecule has 0 unspecified atom stereocenters. The van der Waals surface area contributed by atoms with Gasteiger partial charge in [0.25, 0.3) is 0 Å². The van der Waals surface area contributed by atoms with Crippen molar-refractivity contribution >= 4 is 0 Å². The van der Waals surface area contributed by atoms with Crippen molar-refractivity contribution in [2.45, 2.75) is 47.5 Å². The van der Waals surface area contributed by atoms with Gasteiger partial charge in [0.2, 0.25) is 0 Å². The van der Waals surface area contributed by atoms with E-state index in [9.17, 15) is 0 Å². The Balaban J connectivity index is 2.84. The Hall–Kier alpha value is 0. The van der Waals surface area contributed by atoms with Crippen LogP contribution in [0.15, 0.2) is 0 Å². The van der Waals surface area contributed by atoms with E-state index in [1.807, 2.05) is 0 Å². The van der Waals surface area contributed by atoms with Crippen molar-refractivity contribution in [3.63, 3.8) is 0 Å². The molecule has 0 aliphatic heterocycles. The molecule has 71 valence electrons. The molecule has 0 spiro atoms. The third-order valence-corrected chi connectivity index (χ3v) is 3.97. The van der Waals surface area contributed by atoms with E-state index < -0.39 is 0 Å². The molecule has 0 aromatic rings. The second kappa shape index (κ2) is 2.75. The molecule has 1 aliphatic carbocycles. The van der Waals surface area contributed by atoms with Gasteiger partial charge in [-0.2, -0.15) is 0 Å². The van der Waals surface area contributed by atoms with Crippen LogP contribution in [-0.2, 0) is 0 Å². The second-order valence-electron chi connectivity index (χ2n) is 5.97. The quantitative estimate of drug-likeness (QED) is 0.513. The van der Waals surface area contributed by atoms with E-state index >= 15 is 0 Å². The van der Waals surface area contributed by atoms with Gasteiger partial charge in [0.15, 0.2) is 0 Å². The summed E-state index contributed by atoms with van der Waals surface area (Å²) < 4.78 is 0. The van der Waals surface area contributed by atoms with Crippen LogP contribution in [-0.4, -0.2) is 0 Å². The Kier molecular flexibility index (Phi) is 2.31. The van der Waals surface area contributed by atoms with E-state index in [4.69, 9.17) is 0 Å². The van der Waals surface area contributed by atoms with E-state index in [0.717, 1.165) is 5.92 Å². The molecule has 0 heteroatoms. The minimum absolute atomic E-state index is 0.480. The SMILES string of the molecule is [CH2]C1CC(C)(C)C(C)C(C)(C)C1. The Morgan fingerprint density at radius 1 is 1.00 bits per heavy atom. The maximum atomic E-state index is 4.22. The second-order valence-corrected chi connectivity index (χ2v) is 5.97. The number of hydrogen-bond donors (Lipinski definition) is 0. The molecule has 0 nitrogen and oxygen atoms in total. The third kappa shape index (κ3) is 1.67. The average molecular weight is 167 g/mol. The molecule has 0 heterocycles. The molecular weight excluding hydrogens is 144 g/mol. The van der Waals surface area contributed by atoms with Gasteiger partial charge >= 0.3 is 0 Å². The highest BCUT2D eigenvalue weighted by Gasteiger charge is 2.43. The lowest BCUT2D eigenvalue weighted by atomic mass is 9.55. The predicted molar refractivity (Wildman–Crippen MR) is 54.8 cm³/mol. The lowest BCUT2D eigenvalue weighted by Crippen LogP contribution is -2.41. The summed E-state index contributed by atoms with van der Waals surface area (Å²) in [6.45, 7) is 16.2. The summed E-state index contributed by atoms with van der Waals surface area (Å²) in [7, 11) is 0. The summed E-state index contributed by atoms with van der Waals surface area (Å²) in [6.07, 6.45) is 2.58. The molecule has 0 atom stereocenters. The van der Waals surface area contributed by atoms with E-state index in [1.54, 1.807) is 0 Å². The summed E-state index contributed by atoms with van der Waals surface area (Å²) in [4.78, 5) is 0. The van der Waals surface area contributed by atoms with Gasteiger partial charge in [0.1, 0.15) is 0 Å². The maximum absolute atomic E-state index is 4.22. The van der Waals surface area contributed by atoms with Crippen LogP contribution in [0.1, 0.15) is 47.5 Å². The molecule has 1 radical (unpaired) electrons. The minimum Gasteiger partial charge on any atom is -0.0615 e. The number of rotatable bonds is 0. The fourth-order valence-corrected chi connectivity index (χ4v) is 2.97. The van der Waals surface area contributed by atoms with E-state index in [0.29, 0.717) is 16.7 Å². The zero-order valence-corrected chi connectivity index (χ0v) is 9.28. The Bertz CT molecular complexity index is 147. The van der Waals surface area contributed by atoms with Crippen LogP contribution < -0.4 is 0 Å². The van der Waals surface area contributed by atoms with Crippen LogP contribution in [0.25, 0.3) is 0 Å². The zero-order valence-electron chi connectivity index (χ0n) is 9.28. The molecule has 1 saturated carbocycles. The van der Waals surface area contributed by atoms with Crippen molar-refractivity contribution in [3.8, 4) is 0 Å². The average Bonchev–Trinajstić information content (AvgIpc) is 1.80. The molecule has 0 bridgehead atoms. The highest BCUT2D eigenvalue weighted by atomic mass is 14.5. The van der Waals surface area contributed by atoms with Gasteiger partial charge in [-0.05, 0) is 35.5 Å². The van der Waals surface area contributed by atoms with E-state index in [-0.39, 0.29) is 0 Å². The topological polar surface area (TPSA) is 0 Å². The summed E-state index contributed by atoms with van der Waals surface area (Å²) >= 11 is 0. The van der Waals surface area contributed by atoms with Gasteiger partial charge in [-0.3, -0.25) is 0 Å². The van der Waals surface area contributed by atoms with Crippen molar-refractivity contribution in [2.24, 2.45) is 22.7 Å². The first-order valence-electron chi connectivity index (χ1n) is 5.09. The molecular formula is C12H23. The first-order chi connectivity index (χ1) is 5.26. The molecule has 0 saturated heterocycles. The molecule has 12 heavy (non-hydrogen) atoms. The maximum Gasteiger partial charge on any atom is -0.0321 e. The van der Waals surface area contributed by atoms with Crippen LogP contribution >= 0.6 is 0 Å².